The van der Waals surface area contributed by atoms with Crippen molar-refractivity contribution in [2.45, 2.75) is 5.92 Å². The van der Waals surface area contributed by atoms with Crippen LogP contribution in [0.3, 0.4) is 0 Å². The molecular formula is C11H18N2O. The number of hydrogen-bond acceptors (Lipinski definition) is 3. The van der Waals surface area contributed by atoms with Crippen LogP contribution in [-0.4, -0.2) is 32.4 Å². The predicted molar refractivity (Wildman–Crippen MR) is 59.7 cm³/mol. The molecule has 0 aliphatic heterocycles. The van der Waals surface area contributed by atoms with E-state index >= 15 is 0 Å². The van der Waals surface area contributed by atoms with Gasteiger partial charge in [0, 0.05) is 32.2 Å². The first-order chi connectivity index (χ1) is 6.69. The van der Waals surface area contributed by atoms with Gasteiger partial charge < -0.3 is 15.7 Å². The van der Waals surface area contributed by atoms with Gasteiger partial charge in [-0.25, -0.2) is 0 Å². The Hall–Kier alpha value is -1.06. The molecule has 0 amide bonds. The lowest BCUT2D eigenvalue weighted by Gasteiger charge is -2.15. The van der Waals surface area contributed by atoms with Crippen LogP contribution in [0.25, 0.3) is 0 Å². The van der Waals surface area contributed by atoms with Crippen molar-refractivity contribution in [3.63, 3.8) is 0 Å². The van der Waals surface area contributed by atoms with Crippen LogP contribution in [0, 0.1) is 0 Å². The highest BCUT2D eigenvalue weighted by Gasteiger charge is 2.07. The van der Waals surface area contributed by atoms with E-state index in [0.29, 0.717) is 6.54 Å². The van der Waals surface area contributed by atoms with Crippen LogP contribution in [0.1, 0.15) is 11.5 Å². The Morgan fingerprint density at radius 1 is 1.29 bits per heavy atom. The van der Waals surface area contributed by atoms with Crippen molar-refractivity contribution < 1.29 is 5.11 Å². The molecule has 0 aliphatic rings. The number of nitrogens with zero attached hydrogens (tertiary/aromatic N) is 1. The molecule has 0 bridgehead atoms. The van der Waals surface area contributed by atoms with Gasteiger partial charge in [0.2, 0.25) is 0 Å². The van der Waals surface area contributed by atoms with Gasteiger partial charge in [0.15, 0.2) is 0 Å². The van der Waals surface area contributed by atoms with Crippen molar-refractivity contribution in [1.29, 1.82) is 0 Å². The van der Waals surface area contributed by atoms with E-state index in [1.54, 1.807) is 0 Å². The van der Waals surface area contributed by atoms with Crippen molar-refractivity contribution in [3.8, 4) is 0 Å². The minimum absolute atomic E-state index is 0.0613. The van der Waals surface area contributed by atoms with E-state index < -0.39 is 0 Å². The van der Waals surface area contributed by atoms with Crippen LogP contribution in [0.2, 0.25) is 0 Å². The maximum atomic E-state index is 9.07. The summed E-state index contributed by atoms with van der Waals surface area (Å²) in [5.74, 6) is 0.0613. The first-order valence-corrected chi connectivity index (χ1v) is 4.77. The molecular weight excluding hydrogens is 176 g/mol. The third-order valence-corrected chi connectivity index (χ3v) is 2.39. The van der Waals surface area contributed by atoms with E-state index in [1.807, 2.05) is 43.3 Å². The number of anilines is 1. The van der Waals surface area contributed by atoms with Crippen LogP contribution in [0.5, 0.6) is 0 Å². The average molecular weight is 194 g/mol. The Morgan fingerprint density at radius 3 is 2.21 bits per heavy atom. The summed E-state index contributed by atoms with van der Waals surface area (Å²) in [5.41, 5.74) is 7.80. The first kappa shape index (κ1) is 11.0. The third-order valence-electron chi connectivity index (χ3n) is 2.39. The van der Waals surface area contributed by atoms with Crippen molar-refractivity contribution in [2.24, 2.45) is 5.73 Å². The fourth-order valence-corrected chi connectivity index (χ4v) is 1.36. The van der Waals surface area contributed by atoms with Gasteiger partial charge in [0.1, 0.15) is 0 Å². The average Bonchev–Trinajstić information content (AvgIpc) is 2.20. The van der Waals surface area contributed by atoms with Gasteiger partial charge in [0.05, 0.1) is 6.61 Å². The third kappa shape index (κ3) is 2.47. The molecule has 0 saturated heterocycles. The van der Waals surface area contributed by atoms with E-state index in [4.69, 9.17) is 10.8 Å². The second kappa shape index (κ2) is 4.98. The molecule has 1 atom stereocenters. The Balaban J connectivity index is 2.81. The maximum absolute atomic E-state index is 9.07. The van der Waals surface area contributed by atoms with Crippen molar-refractivity contribution in [2.75, 3.05) is 32.1 Å². The largest absolute Gasteiger partial charge is 0.396 e. The Morgan fingerprint density at radius 2 is 1.86 bits per heavy atom. The molecule has 0 spiro atoms. The van der Waals surface area contributed by atoms with E-state index in [9.17, 15) is 0 Å². The highest BCUT2D eigenvalue weighted by atomic mass is 16.3. The fraction of sp³-hybridized carbons (Fsp3) is 0.455. The zero-order chi connectivity index (χ0) is 10.6. The normalized spacial score (nSPS) is 12.6. The molecule has 0 saturated carbocycles. The lowest BCUT2D eigenvalue weighted by Crippen LogP contribution is -2.16. The molecule has 0 aliphatic carbocycles. The monoisotopic (exact) mass is 194 g/mol. The maximum Gasteiger partial charge on any atom is 0.0511 e. The molecule has 3 heteroatoms. The molecule has 3 N–H and O–H groups in total. The van der Waals surface area contributed by atoms with E-state index in [0.717, 1.165) is 11.3 Å². The van der Waals surface area contributed by atoms with Gasteiger partial charge in [-0.2, -0.15) is 0 Å². The second-order valence-electron chi connectivity index (χ2n) is 3.60. The summed E-state index contributed by atoms with van der Waals surface area (Å²) in [6, 6.07) is 8.10. The summed E-state index contributed by atoms with van der Waals surface area (Å²) in [6.07, 6.45) is 0. The van der Waals surface area contributed by atoms with Gasteiger partial charge in [-0.15, -0.1) is 0 Å². The fourth-order valence-electron chi connectivity index (χ4n) is 1.36. The van der Waals surface area contributed by atoms with E-state index in [-0.39, 0.29) is 12.5 Å². The van der Waals surface area contributed by atoms with Crippen LogP contribution >= 0.6 is 0 Å². The van der Waals surface area contributed by atoms with Crippen molar-refractivity contribution in [1.82, 2.24) is 0 Å². The smallest absolute Gasteiger partial charge is 0.0511 e. The van der Waals surface area contributed by atoms with Gasteiger partial charge in [0.25, 0.3) is 0 Å². The number of aliphatic hydroxyl groups is 1. The molecule has 1 aromatic carbocycles. The molecule has 78 valence electrons. The SMILES string of the molecule is CN(C)c1ccc(C(CN)CO)cc1. The number of hydrogen-bond donors (Lipinski definition) is 2. The minimum Gasteiger partial charge on any atom is -0.396 e. The highest BCUT2D eigenvalue weighted by molar-refractivity contribution is 5.46. The van der Waals surface area contributed by atoms with Gasteiger partial charge in [-0.1, -0.05) is 12.1 Å². The summed E-state index contributed by atoms with van der Waals surface area (Å²) >= 11 is 0. The zero-order valence-corrected chi connectivity index (χ0v) is 8.77. The predicted octanol–water partition coefficient (Wildman–Crippen LogP) is 0.787. The van der Waals surface area contributed by atoms with Crippen LogP contribution in [-0.2, 0) is 0 Å². The molecule has 0 aromatic heterocycles. The summed E-state index contributed by atoms with van der Waals surface area (Å²) in [4.78, 5) is 2.04. The second-order valence-corrected chi connectivity index (χ2v) is 3.60. The number of nitrogens with two attached hydrogens (primary N) is 1. The summed E-state index contributed by atoms with van der Waals surface area (Å²) in [5, 5.41) is 9.07. The molecule has 14 heavy (non-hydrogen) atoms. The lowest BCUT2D eigenvalue weighted by atomic mass is 10.00. The van der Waals surface area contributed by atoms with E-state index in [1.165, 1.54) is 0 Å². The molecule has 1 rings (SSSR count). The number of rotatable bonds is 4. The Kier molecular flexibility index (Phi) is 3.92. The zero-order valence-electron chi connectivity index (χ0n) is 8.77. The molecule has 0 heterocycles. The molecule has 0 fully saturated rings. The topological polar surface area (TPSA) is 49.5 Å². The summed E-state index contributed by atoms with van der Waals surface area (Å²) in [7, 11) is 4.00. The highest BCUT2D eigenvalue weighted by Crippen LogP contribution is 2.18. The summed E-state index contributed by atoms with van der Waals surface area (Å²) < 4.78 is 0. The van der Waals surface area contributed by atoms with Gasteiger partial charge >= 0.3 is 0 Å². The molecule has 3 nitrogen and oxygen atoms in total. The Bertz CT molecular complexity index is 265. The summed E-state index contributed by atoms with van der Waals surface area (Å²) in [6.45, 7) is 0.593. The number of benzene rings is 1. The van der Waals surface area contributed by atoms with E-state index in [2.05, 4.69) is 0 Å². The van der Waals surface area contributed by atoms with Crippen LogP contribution in [0.15, 0.2) is 24.3 Å². The first-order valence-electron chi connectivity index (χ1n) is 4.77. The van der Waals surface area contributed by atoms with Crippen LogP contribution < -0.4 is 10.6 Å². The van der Waals surface area contributed by atoms with Crippen LogP contribution in [0.4, 0.5) is 5.69 Å². The molecule has 1 aromatic rings. The lowest BCUT2D eigenvalue weighted by molar-refractivity contribution is 0.268. The van der Waals surface area contributed by atoms with Gasteiger partial charge in [-0.3, -0.25) is 0 Å². The minimum atomic E-state index is 0.0613. The standard InChI is InChI=1S/C11H18N2O/c1-13(2)11-5-3-9(4-6-11)10(7-12)8-14/h3-6,10,14H,7-8,12H2,1-2H3. The molecule has 0 radical (unpaired) electrons. The van der Waals surface area contributed by atoms with Gasteiger partial charge in [-0.05, 0) is 17.7 Å². The number of aliphatic hydroxyl groups excluding tert-OH is 1. The molecule has 1 unspecified atom stereocenters. The quantitative estimate of drug-likeness (QED) is 0.745. The van der Waals surface area contributed by atoms with Crippen molar-refractivity contribution >= 4 is 5.69 Å². The van der Waals surface area contributed by atoms with Crippen molar-refractivity contribution in [3.05, 3.63) is 29.8 Å². The Labute approximate surface area is 85.2 Å².